The summed E-state index contributed by atoms with van der Waals surface area (Å²) >= 11 is 0. The Balaban J connectivity index is 0.992. The molecule has 10 rings (SSSR count). The Hall–Kier alpha value is -1.76. The predicted molar refractivity (Wildman–Crippen MR) is 189 cm³/mol. The van der Waals surface area contributed by atoms with Gasteiger partial charge in [-0.1, -0.05) is 20.1 Å². The van der Waals surface area contributed by atoms with Crippen LogP contribution in [0.15, 0.2) is 24.3 Å². The second-order valence-electron chi connectivity index (χ2n) is 17.5. The molecule has 12 bridgehead atoms. The van der Waals surface area contributed by atoms with Crippen LogP contribution in [0.2, 0.25) is 0 Å². The first kappa shape index (κ1) is 36.9. The number of methoxy groups -OCH3 is 1. The van der Waals surface area contributed by atoms with Gasteiger partial charge in [-0.05, 0) is 62.0 Å². The first-order valence-corrected chi connectivity index (χ1v) is 20.3. The largest absolute Gasteiger partial charge is 0.385 e. The second kappa shape index (κ2) is 14.6. The van der Waals surface area contributed by atoms with Crippen LogP contribution in [0.4, 0.5) is 0 Å². The van der Waals surface area contributed by atoms with Crippen LogP contribution in [0, 0.1) is 18.4 Å². The molecule has 0 aromatic carbocycles. The molecule has 10 heterocycles. The van der Waals surface area contributed by atoms with E-state index in [0.717, 1.165) is 49.7 Å². The van der Waals surface area contributed by atoms with Crippen molar-refractivity contribution in [2.75, 3.05) is 13.7 Å². The number of aliphatic hydroxyl groups is 1. The molecule has 0 saturated carbocycles. The molecule has 10 fully saturated rings. The van der Waals surface area contributed by atoms with Gasteiger partial charge in [-0.2, -0.15) is 0 Å². The number of fused-ring (bicyclic) bond motifs is 6. The van der Waals surface area contributed by atoms with E-state index in [1.54, 1.807) is 7.11 Å². The van der Waals surface area contributed by atoms with E-state index in [1.807, 2.05) is 0 Å². The summed E-state index contributed by atoms with van der Waals surface area (Å²) in [7, 11) is 1.64. The highest BCUT2D eigenvalue weighted by molar-refractivity contribution is 5.79. The fourth-order valence-corrected chi connectivity index (χ4v) is 11.4. The summed E-state index contributed by atoms with van der Waals surface area (Å²) in [4.78, 5) is 17.5. The number of hydrogen-bond donors (Lipinski definition) is 1. The van der Waals surface area contributed by atoms with E-state index in [-0.39, 0.29) is 123 Å². The minimum Gasteiger partial charge on any atom is -0.385 e. The standard InChI is InChI=1S/C41H57NO11/c1-20-12-25-6-8-29-21(2)13-27(46-29)10-11-41-18-34-37(52-41)38-39(51-34)40(53-41)36-30(50-38)9-7-26(48-36)14-23(43)15-28-32(17-31(47-25)22(20)3)49-33(35(28)45-5)16-24(44)19-42-4/h20,24-40,44H,2-3,6-19H2,1,5H3. The first-order valence-electron chi connectivity index (χ1n) is 20.3. The van der Waals surface area contributed by atoms with Gasteiger partial charge in [0.05, 0.1) is 61.0 Å². The van der Waals surface area contributed by atoms with Crippen LogP contribution < -0.4 is 0 Å². The lowest BCUT2D eigenvalue weighted by Gasteiger charge is -2.47. The first-order chi connectivity index (χ1) is 25.6. The Morgan fingerprint density at radius 3 is 2.42 bits per heavy atom. The highest BCUT2D eigenvalue weighted by Crippen LogP contribution is 2.54. The van der Waals surface area contributed by atoms with Gasteiger partial charge in [-0.3, -0.25) is 4.79 Å². The summed E-state index contributed by atoms with van der Waals surface area (Å²) < 4.78 is 60.0. The third-order valence-corrected chi connectivity index (χ3v) is 14.0. The predicted octanol–water partition coefficient (Wildman–Crippen LogP) is 4.40. The number of carbonyl (C=O) groups excluding carboxylic acids is 1. The number of Topliss-reactive ketones (excluding diaryl/α,β-unsaturated/α-hetero) is 1. The number of hydrogen-bond acceptors (Lipinski definition) is 11. The summed E-state index contributed by atoms with van der Waals surface area (Å²) in [6.07, 6.45) is 4.19. The smallest absolute Gasteiger partial charge is 0.240 e. The number of ether oxygens (including phenoxy) is 9. The summed E-state index contributed by atoms with van der Waals surface area (Å²) in [5, 5.41) is 10.6. The lowest BCUT2D eigenvalue weighted by Crippen LogP contribution is -2.61. The van der Waals surface area contributed by atoms with E-state index in [1.165, 1.54) is 0 Å². The van der Waals surface area contributed by atoms with Crippen LogP contribution in [0.1, 0.15) is 90.4 Å². The van der Waals surface area contributed by atoms with E-state index in [2.05, 4.69) is 24.9 Å². The van der Waals surface area contributed by atoms with Gasteiger partial charge in [0.1, 0.15) is 42.4 Å². The van der Waals surface area contributed by atoms with E-state index in [4.69, 9.17) is 49.2 Å². The summed E-state index contributed by atoms with van der Waals surface area (Å²) in [6.45, 7) is 18.4. The van der Waals surface area contributed by atoms with Crippen molar-refractivity contribution in [3.8, 4) is 0 Å². The zero-order valence-corrected chi connectivity index (χ0v) is 31.2. The monoisotopic (exact) mass is 739 g/mol. The Labute approximate surface area is 312 Å². The van der Waals surface area contributed by atoms with E-state index in [0.29, 0.717) is 25.7 Å². The van der Waals surface area contributed by atoms with E-state index in [9.17, 15) is 9.90 Å². The van der Waals surface area contributed by atoms with Gasteiger partial charge in [0.25, 0.3) is 0 Å². The molecule has 10 aliphatic rings. The van der Waals surface area contributed by atoms with Crippen LogP contribution >= 0.6 is 0 Å². The molecule has 10 aliphatic heterocycles. The molecule has 12 heteroatoms. The average Bonchev–Trinajstić information content (AvgIpc) is 3.80. The molecule has 0 amide bonds. The molecule has 0 radical (unpaired) electrons. The molecule has 0 aliphatic carbocycles. The molecule has 292 valence electrons. The lowest BCUT2D eigenvalue weighted by atomic mass is 9.81. The molecular formula is C41H57NO11. The molecule has 1 spiro atoms. The number of nitrogens with zero attached hydrogens (tertiary/aromatic N) is 1. The van der Waals surface area contributed by atoms with Crippen molar-refractivity contribution in [3.05, 3.63) is 35.7 Å². The SMILES string of the molecule is [C-]#[N+]CC(O)CC1OC2CC3OC(CCC4OC(CCC56CC7OC8C(OC9CCC(CC(=O)CC2C1OC)OC9C8O5)C7O6)CC4=C)CC(C)C3=C. The molecule has 19 atom stereocenters. The Morgan fingerprint density at radius 1 is 0.830 bits per heavy atom. The van der Waals surface area contributed by atoms with Gasteiger partial charge >= 0.3 is 0 Å². The van der Waals surface area contributed by atoms with E-state index < -0.39 is 24.1 Å². The highest BCUT2D eigenvalue weighted by atomic mass is 16.8. The highest BCUT2D eigenvalue weighted by Gasteiger charge is 2.68. The number of aliphatic hydroxyl groups excluding tert-OH is 1. The Bertz CT molecular complexity index is 1470. The van der Waals surface area contributed by atoms with Crippen LogP contribution in [0.25, 0.3) is 4.85 Å². The molecule has 0 aromatic heterocycles. The fraction of sp³-hybridized carbons (Fsp3) is 0.854. The van der Waals surface area contributed by atoms with E-state index >= 15 is 0 Å². The van der Waals surface area contributed by atoms with Crippen molar-refractivity contribution in [2.24, 2.45) is 11.8 Å². The van der Waals surface area contributed by atoms with Gasteiger partial charge < -0.3 is 52.6 Å². The van der Waals surface area contributed by atoms with Crippen LogP contribution in [-0.4, -0.2) is 128 Å². The number of ketones is 1. The van der Waals surface area contributed by atoms with Crippen LogP contribution in [0.5, 0.6) is 0 Å². The molecular weight excluding hydrogens is 682 g/mol. The molecule has 12 nitrogen and oxygen atoms in total. The van der Waals surface area contributed by atoms with Gasteiger partial charge in [0, 0.05) is 51.6 Å². The summed E-state index contributed by atoms with van der Waals surface area (Å²) in [6, 6.07) is 0. The van der Waals surface area contributed by atoms with Crippen molar-refractivity contribution in [2.45, 2.75) is 194 Å². The Kier molecular flexibility index (Phi) is 10.2. The fourth-order valence-electron chi connectivity index (χ4n) is 11.4. The quantitative estimate of drug-likeness (QED) is 0.326. The number of rotatable bonds is 4. The number of carbonyl (C=O) groups is 1. The molecule has 1 N–H and O–H groups in total. The third-order valence-electron chi connectivity index (χ3n) is 14.0. The van der Waals surface area contributed by atoms with Crippen molar-refractivity contribution in [1.29, 1.82) is 0 Å². The van der Waals surface area contributed by atoms with Crippen molar-refractivity contribution in [3.63, 3.8) is 0 Å². The van der Waals surface area contributed by atoms with Gasteiger partial charge in [-0.15, -0.1) is 0 Å². The maximum atomic E-state index is 14.1. The minimum absolute atomic E-state index is 0.0129. The average molecular weight is 740 g/mol. The van der Waals surface area contributed by atoms with Crippen molar-refractivity contribution < 1.29 is 52.5 Å². The van der Waals surface area contributed by atoms with Gasteiger partial charge in [-0.25, -0.2) is 6.57 Å². The summed E-state index contributed by atoms with van der Waals surface area (Å²) in [5.74, 6) is -0.704. The Morgan fingerprint density at radius 2 is 1.58 bits per heavy atom. The molecule has 0 aromatic rings. The van der Waals surface area contributed by atoms with Crippen molar-refractivity contribution in [1.82, 2.24) is 0 Å². The maximum absolute atomic E-state index is 14.1. The second-order valence-corrected chi connectivity index (χ2v) is 17.5. The topological polar surface area (TPSA) is 125 Å². The van der Waals surface area contributed by atoms with Crippen LogP contribution in [-0.2, 0) is 47.4 Å². The molecule has 19 unspecified atom stereocenters. The minimum atomic E-state index is -0.847. The van der Waals surface area contributed by atoms with Crippen LogP contribution in [0.3, 0.4) is 0 Å². The molecule has 53 heavy (non-hydrogen) atoms. The maximum Gasteiger partial charge on any atom is 0.240 e. The lowest BCUT2D eigenvalue weighted by molar-refractivity contribution is -0.292. The molecule has 10 saturated heterocycles. The zero-order valence-electron chi connectivity index (χ0n) is 31.2. The normalized spacial score (nSPS) is 51.4. The van der Waals surface area contributed by atoms with Gasteiger partial charge in [0.15, 0.2) is 5.79 Å². The zero-order chi connectivity index (χ0) is 36.6. The van der Waals surface area contributed by atoms with Gasteiger partial charge in [0.2, 0.25) is 6.54 Å². The third kappa shape index (κ3) is 6.89. The van der Waals surface area contributed by atoms with Crippen molar-refractivity contribution >= 4 is 5.78 Å². The summed E-state index contributed by atoms with van der Waals surface area (Å²) in [5.41, 5.74) is 2.17.